The number of likely N-dealkylation sites (N-methyl/N-ethyl adjacent to an activating group) is 1. The fourth-order valence-electron chi connectivity index (χ4n) is 4.80. The molecule has 0 spiro atoms. The van der Waals surface area contributed by atoms with E-state index in [1.807, 2.05) is 36.4 Å². The number of halogens is 2. The van der Waals surface area contributed by atoms with Crippen molar-refractivity contribution in [2.45, 2.75) is 24.8 Å². The van der Waals surface area contributed by atoms with Crippen LogP contribution in [-0.4, -0.2) is 39.3 Å². The lowest BCUT2D eigenvalue weighted by atomic mass is 9.81. The minimum absolute atomic E-state index is 0.0948. The summed E-state index contributed by atoms with van der Waals surface area (Å²) in [6.07, 6.45) is 2.74. The Morgan fingerprint density at radius 3 is 2.16 bits per heavy atom. The van der Waals surface area contributed by atoms with Crippen molar-refractivity contribution in [2.24, 2.45) is 0 Å². The Morgan fingerprint density at radius 1 is 1.00 bits per heavy atom. The molecule has 0 radical (unpaired) electrons. The van der Waals surface area contributed by atoms with Gasteiger partial charge in [0.05, 0.1) is 12.2 Å². The third-order valence-corrected chi connectivity index (χ3v) is 6.72. The van der Waals surface area contributed by atoms with E-state index in [0.29, 0.717) is 16.6 Å². The van der Waals surface area contributed by atoms with Crippen molar-refractivity contribution in [3.8, 4) is 5.75 Å². The molecule has 1 unspecified atom stereocenters. The fourth-order valence-corrected chi connectivity index (χ4v) is 5.16. The first-order valence-electron chi connectivity index (χ1n) is 9.98. The van der Waals surface area contributed by atoms with Crippen molar-refractivity contribution < 1.29 is 9.90 Å². The van der Waals surface area contributed by atoms with E-state index < -0.39 is 17.1 Å². The number of amides is 1. The highest BCUT2D eigenvalue weighted by atomic mass is 35.5. The van der Waals surface area contributed by atoms with Gasteiger partial charge in [0.25, 0.3) is 5.91 Å². The Balaban J connectivity index is 1.81. The van der Waals surface area contributed by atoms with E-state index in [2.05, 4.69) is 5.10 Å². The maximum atomic E-state index is 12.8. The van der Waals surface area contributed by atoms with Crippen LogP contribution in [0.5, 0.6) is 5.75 Å². The molecule has 2 aliphatic rings. The number of carbonyl (C=O) groups is 1. The second kappa shape index (κ2) is 7.39. The van der Waals surface area contributed by atoms with Crippen molar-refractivity contribution >= 4 is 29.1 Å². The number of aryl methyl sites for hydroxylation is 2. The lowest BCUT2D eigenvalue weighted by molar-refractivity contribution is 0.0686. The summed E-state index contributed by atoms with van der Waals surface area (Å²) < 4.78 is 1.49. The van der Waals surface area contributed by atoms with Crippen LogP contribution in [0.3, 0.4) is 0 Å². The van der Waals surface area contributed by atoms with Gasteiger partial charge in [0.15, 0.2) is 11.4 Å². The smallest absolute Gasteiger partial charge is 0.275 e. The minimum Gasteiger partial charge on any atom is -0.502 e. The summed E-state index contributed by atoms with van der Waals surface area (Å²) in [5.74, 6) is -1.25. The van der Waals surface area contributed by atoms with Gasteiger partial charge in [-0.05, 0) is 59.4 Å². The molecular formula is C23H19Cl2N3O3. The summed E-state index contributed by atoms with van der Waals surface area (Å²) in [5, 5.41) is 15.9. The molecule has 3 aromatic rings. The normalized spacial score (nSPS) is 18.2. The van der Waals surface area contributed by atoms with Crippen LogP contribution in [0.25, 0.3) is 0 Å². The third-order valence-electron chi connectivity index (χ3n) is 6.24. The van der Waals surface area contributed by atoms with E-state index >= 15 is 0 Å². The summed E-state index contributed by atoms with van der Waals surface area (Å²) in [4.78, 5) is 26.4. The predicted octanol–water partition coefficient (Wildman–Crippen LogP) is 3.81. The Bertz CT molecular complexity index is 1230. The van der Waals surface area contributed by atoms with Gasteiger partial charge in [-0.15, -0.1) is 0 Å². The first-order chi connectivity index (χ1) is 14.8. The molecule has 31 heavy (non-hydrogen) atoms. The minimum atomic E-state index is -0.679. The van der Waals surface area contributed by atoms with E-state index in [9.17, 15) is 14.7 Å². The van der Waals surface area contributed by atoms with Gasteiger partial charge < -0.3 is 10.0 Å². The first-order valence-corrected chi connectivity index (χ1v) is 10.7. The van der Waals surface area contributed by atoms with Crippen LogP contribution < -0.4 is 5.43 Å². The molecule has 0 bridgehead atoms. The van der Waals surface area contributed by atoms with Crippen LogP contribution in [0.15, 0.2) is 47.4 Å². The summed E-state index contributed by atoms with van der Waals surface area (Å²) in [7, 11) is 1.66. The van der Waals surface area contributed by atoms with Gasteiger partial charge in [-0.3, -0.25) is 14.3 Å². The molecule has 2 aromatic carbocycles. The first kappa shape index (κ1) is 20.1. The molecule has 0 saturated carbocycles. The van der Waals surface area contributed by atoms with Crippen LogP contribution in [-0.2, 0) is 12.8 Å². The van der Waals surface area contributed by atoms with Gasteiger partial charge in [-0.1, -0.05) is 35.3 Å². The molecule has 1 atom stereocenters. The third kappa shape index (κ3) is 3.22. The second-order valence-corrected chi connectivity index (χ2v) is 8.94. The maximum Gasteiger partial charge on any atom is 0.275 e. The molecule has 1 N–H and O–H groups in total. The van der Waals surface area contributed by atoms with E-state index in [1.54, 1.807) is 7.05 Å². The summed E-state index contributed by atoms with van der Waals surface area (Å²) >= 11 is 12.8. The van der Waals surface area contributed by atoms with Gasteiger partial charge >= 0.3 is 0 Å². The number of rotatable bonds is 1. The van der Waals surface area contributed by atoms with Crippen LogP contribution >= 0.6 is 23.2 Å². The molecule has 2 heterocycles. The van der Waals surface area contributed by atoms with Crippen molar-refractivity contribution in [1.29, 1.82) is 0 Å². The fraction of sp³-hybridized carbons (Fsp3) is 0.261. The van der Waals surface area contributed by atoms with Gasteiger partial charge in [-0.25, -0.2) is 0 Å². The second-order valence-electron chi connectivity index (χ2n) is 8.07. The SMILES string of the molecule is CN1CC(C2c3cc(Cl)ccc3CCc3ccc(Cl)cc32)n2ncc(=O)c(O)c2C1=O. The molecule has 8 heteroatoms. The quantitative estimate of drug-likeness (QED) is 0.605. The number of nitrogens with zero attached hydrogens (tertiary/aromatic N) is 3. The van der Waals surface area contributed by atoms with Crippen LogP contribution in [0.2, 0.25) is 10.0 Å². The standard InChI is InChI=1S/C23H19Cl2N3O3/c1-27-11-18(28-21(23(27)31)22(30)19(29)10-26-28)20-16-8-14(24)6-4-12(16)2-3-13-5-7-15(25)9-17(13)20/h4-10,18,20,30H,2-3,11H2,1H3. The largest absolute Gasteiger partial charge is 0.502 e. The number of benzene rings is 2. The molecule has 1 aromatic heterocycles. The predicted molar refractivity (Wildman–Crippen MR) is 118 cm³/mol. The molecule has 0 fully saturated rings. The van der Waals surface area contributed by atoms with Gasteiger partial charge in [0.2, 0.25) is 5.43 Å². The zero-order valence-corrected chi connectivity index (χ0v) is 18.2. The van der Waals surface area contributed by atoms with Crippen molar-refractivity contribution in [2.75, 3.05) is 13.6 Å². The number of carbonyl (C=O) groups excluding carboxylic acids is 1. The Hall–Kier alpha value is -2.83. The number of aromatic nitrogens is 2. The van der Waals surface area contributed by atoms with Gasteiger partial charge in [0, 0.05) is 29.6 Å². The Labute approximate surface area is 188 Å². The molecule has 1 aliphatic carbocycles. The number of aromatic hydroxyl groups is 1. The van der Waals surface area contributed by atoms with E-state index in [1.165, 1.54) is 9.58 Å². The number of hydrogen-bond donors (Lipinski definition) is 1. The molecule has 0 saturated heterocycles. The molecule has 1 aliphatic heterocycles. The topological polar surface area (TPSA) is 75.4 Å². The number of fused-ring (bicyclic) bond motifs is 3. The lowest BCUT2D eigenvalue weighted by Crippen LogP contribution is -2.45. The average molecular weight is 456 g/mol. The van der Waals surface area contributed by atoms with Crippen LogP contribution in [0.1, 0.15) is 44.7 Å². The molecule has 6 nitrogen and oxygen atoms in total. The molecule has 158 valence electrons. The maximum absolute atomic E-state index is 12.8. The van der Waals surface area contributed by atoms with E-state index in [4.69, 9.17) is 23.2 Å². The van der Waals surface area contributed by atoms with E-state index in [-0.39, 0.29) is 17.7 Å². The highest BCUT2D eigenvalue weighted by Gasteiger charge is 2.40. The zero-order valence-electron chi connectivity index (χ0n) is 16.7. The van der Waals surface area contributed by atoms with Gasteiger partial charge in [-0.2, -0.15) is 5.10 Å². The van der Waals surface area contributed by atoms with Crippen molar-refractivity contribution in [1.82, 2.24) is 14.7 Å². The van der Waals surface area contributed by atoms with Crippen molar-refractivity contribution in [3.05, 3.63) is 90.8 Å². The molecule has 1 amide bonds. The zero-order chi connectivity index (χ0) is 21.9. The summed E-state index contributed by atoms with van der Waals surface area (Å²) in [5.41, 5.74) is 3.62. The van der Waals surface area contributed by atoms with Crippen LogP contribution in [0, 0.1) is 0 Å². The van der Waals surface area contributed by atoms with Crippen molar-refractivity contribution in [3.63, 3.8) is 0 Å². The molecule has 5 rings (SSSR count). The summed E-state index contributed by atoms with van der Waals surface area (Å²) in [6, 6.07) is 11.4. The van der Waals surface area contributed by atoms with E-state index in [0.717, 1.165) is 41.3 Å². The van der Waals surface area contributed by atoms with Crippen LogP contribution in [0.4, 0.5) is 0 Å². The monoisotopic (exact) mass is 455 g/mol. The number of hydrogen-bond acceptors (Lipinski definition) is 4. The Kier molecular flexibility index (Phi) is 4.79. The highest BCUT2D eigenvalue weighted by molar-refractivity contribution is 6.31. The average Bonchev–Trinajstić information content (AvgIpc) is 2.89. The Morgan fingerprint density at radius 2 is 1.58 bits per heavy atom. The van der Waals surface area contributed by atoms with Gasteiger partial charge in [0.1, 0.15) is 0 Å². The highest BCUT2D eigenvalue weighted by Crippen LogP contribution is 2.44. The lowest BCUT2D eigenvalue weighted by Gasteiger charge is -2.38. The summed E-state index contributed by atoms with van der Waals surface area (Å²) in [6.45, 7) is 0.351. The molecular weight excluding hydrogens is 437 g/mol.